The SMILES string of the molecule is CN(C)[C@@H]1C(O)=C(C(N)=O)C(=O)[C@@]2(O)C(O)=C3C(=O)c4c(O)cccc4C[C@H]3C[C@H]12.O. The second-order valence-electron chi connectivity index (χ2n) is 8.27. The lowest BCUT2D eigenvalue weighted by atomic mass is 9.58. The second kappa shape index (κ2) is 7.19. The monoisotopic (exact) mass is 432 g/mol. The van der Waals surface area contributed by atoms with Crippen LogP contribution < -0.4 is 5.73 Å². The lowest BCUT2D eigenvalue weighted by Crippen LogP contribution is -2.63. The number of benzene rings is 1. The number of Topliss-reactive ketones (excluding diaryl/α,β-unsaturated/α-hetero) is 2. The van der Waals surface area contributed by atoms with Crippen molar-refractivity contribution in [2.24, 2.45) is 17.6 Å². The van der Waals surface area contributed by atoms with Gasteiger partial charge >= 0.3 is 0 Å². The number of carbonyl (C=O) groups excluding carboxylic acids is 3. The molecule has 0 bridgehead atoms. The molecular formula is C21H24N2O8. The van der Waals surface area contributed by atoms with E-state index >= 15 is 0 Å². The van der Waals surface area contributed by atoms with Crippen LogP contribution >= 0.6 is 0 Å². The summed E-state index contributed by atoms with van der Waals surface area (Å²) < 4.78 is 0. The predicted molar refractivity (Wildman–Crippen MR) is 107 cm³/mol. The first kappa shape index (κ1) is 22.5. The molecule has 166 valence electrons. The standard InChI is InChI=1S/C21H22N2O7.H2O/c1-23(2)15-10-7-9-6-8-4-3-5-11(24)12(8)16(25)13(9)18(27)21(10,30)19(28)14(17(15)26)20(22)29;/h3-5,9-10,15,24,26-27,30H,6-7H2,1-2H3,(H2,22,29);1H2/t9-,10+,15-,21-;/m0./s1. The Bertz CT molecular complexity index is 1070. The maximum Gasteiger partial charge on any atom is 0.255 e. The summed E-state index contributed by atoms with van der Waals surface area (Å²) in [4.78, 5) is 39.6. The molecule has 0 saturated carbocycles. The molecule has 1 aromatic rings. The number of aliphatic hydroxyl groups is 3. The van der Waals surface area contributed by atoms with E-state index in [0.29, 0.717) is 12.0 Å². The van der Waals surface area contributed by atoms with E-state index in [1.165, 1.54) is 11.0 Å². The van der Waals surface area contributed by atoms with Crippen LogP contribution in [-0.4, -0.2) is 74.0 Å². The third-order valence-corrected chi connectivity index (χ3v) is 6.46. The first-order valence-corrected chi connectivity index (χ1v) is 9.47. The number of fused-ring (bicyclic) bond motifs is 3. The van der Waals surface area contributed by atoms with Crippen LogP contribution in [0.2, 0.25) is 0 Å². The van der Waals surface area contributed by atoms with Crippen LogP contribution in [0.15, 0.2) is 40.9 Å². The Kier molecular flexibility index (Phi) is 5.21. The molecule has 3 aliphatic rings. The molecule has 0 fully saturated rings. The van der Waals surface area contributed by atoms with Gasteiger partial charge in [0.15, 0.2) is 11.4 Å². The Morgan fingerprint density at radius 2 is 1.84 bits per heavy atom. The molecule has 0 saturated heterocycles. The van der Waals surface area contributed by atoms with Gasteiger partial charge in [-0.15, -0.1) is 0 Å². The number of aliphatic hydroxyl groups excluding tert-OH is 2. The van der Waals surface area contributed by atoms with Crippen molar-refractivity contribution >= 4 is 17.5 Å². The minimum Gasteiger partial charge on any atom is -0.510 e. The normalized spacial score (nSPS) is 29.9. The first-order valence-electron chi connectivity index (χ1n) is 9.47. The van der Waals surface area contributed by atoms with Crippen molar-refractivity contribution in [1.82, 2.24) is 4.90 Å². The van der Waals surface area contributed by atoms with E-state index in [-0.39, 0.29) is 28.8 Å². The van der Waals surface area contributed by atoms with Crippen molar-refractivity contribution in [1.29, 1.82) is 0 Å². The molecule has 4 rings (SSSR count). The quantitative estimate of drug-likeness (QED) is 0.378. The van der Waals surface area contributed by atoms with Gasteiger partial charge in [-0.25, -0.2) is 0 Å². The van der Waals surface area contributed by atoms with Crippen molar-refractivity contribution in [2.45, 2.75) is 24.5 Å². The van der Waals surface area contributed by atoms with Crippen LogP contribution in [0.1, 0.15) is 22.3 Å². The van der Waals surface area contributed by atoms with Gasteiger partial charge in [0.05, 0.1) is 11.6 Å². The van der Waals surface area contributed by atoms with Crippen molar-refractivity contribution in [3.63, 3.8) is 0 Å². The fourth-order valence-electron chi connectivity index (χ4n) is 5.19. The number of nitrogens with zero attached hydrogens (tertiary/aromatic N) is 1. The first-order chi connectivity index (χ1) is 14.0. The Morgan fingerprint density at radius 1 is 1.19 bits per heavy atom. The maximum absolute atomic E-state index is 13.1. The highest BCUT2D eigenvalue weighted by atomic mass is 16.3. The zero-order valence-corrected chi connectivity index (χ0v) is 16.9. The number of phenols is 1. The molecule has 10 heteroatoms. The summed E-state index contributed by atoms with van der Waals surface area (Å²) in [5, 5.41) is 43.2. The third-order valence-electron chi connectivity index (χ3n) is 6.46. The van der Waals surface area contributed by atoms with Gasteiger partial charge in [-0.05, 0) is 44.5 Å². The Hall–Kier alpha value is -3.21. The van der Waals surface area contributed by atoms with Crippen molar-refractivity contribution in [3.05, 3.63) is 52.0 Å². The van der Waals surface area contributed by atoms with E-state index in [0.717, 1.165) is 0 Å². The van der Waals surface area contributed by atoms with Gasteiger partial charge in [-0.3, -0.25) is 19.3 Å². The number of allylic oxidation sites excluding steroid dienone is 1. The number of carbonyl (C=O) groups is 3. The van der Waals surface area contributed by atoms with Crippen molar-refractivity contribution in [2.75, 3.05) is 14.1 Å². The van der Waals surface area contributed by atoms with Crippen LogP contribution in [0.3, 0.4) is 0 Å². The molecule has 0 aliphatic heterocycles. The third kappa shape index (κ3) is 2.79. The van der Waals surface area contributed by atoms with Gasteiger partial charge in [-0.1, -0.05) is 12.1 Å². The number of primary amides is 1. The number of likely N-dealkylation sites (N-methyl/N-ethyl adjacent to an activating group) is 1. The Balaban J connectivity index is 0.00000272. The number of rotatable bonds is 2. The van der Waals surface area contributed by atoms with Crippen LogP contribution in [-0.2, 0) is 16.0 Å². The van der Waals surface area contributed by atoms with Gasteiger partial charge in [-0.2, -0.15) is 0 Å². The molecule has 10 nitrogen and oxygen atoms in total. The number of ketones is 2. The van der Waals surface area contributed by atoms with Gasteiger partial charge in [0.25, 0.3) is 5.91 Å². The van der Waals surface area contributed by atoms with E-state index in [2.05, 4.69) is 0 Å². The highest BCUT2D eigenvalue weighted by Crippen LogP contribution is 2.52. The zero-order valence-electron chi connectivity index (χ0n) is 16.9. The number of hydrogen-bond donors (Lipinski definition) is 5. The number of nitrogens with two attached hydrogens (primary N) is 1. The summed E-state index contributed by atoms with van der Waals surface area (Å²) in [6.45, 7) is 0. The molecule has 0 unspecified atom stereocenters. The predicted octanol–water partition coefficient (Wildman–Crippen LogP) is -0.704. The molecule has 1 amide bonds. The van der Waals surface area contributed by atoms with Gasteiger partial charge in [0.1, 0.15) is 22.8 Å². The molecule has 8 N–H and O–H groups in total. The molecule has 0 heterocycles. The number of amides is 1. The van der Waals surface area contributed by atoms with Crippen LogP contribution in [0.4, 0.5) is 0 Å². The van der Waals surface area contributed by atoms with Gasteiger partial charge < -0.3 is 31.6 Å². The van der Waals surface area contributed by atoms with E-state index in [4.69, 9.17) is 5.73 Å². The largest absolute Gasteiger partial charge is 0.510 e. The maximum atomic E-state index is 13.1. The molecule has 0 spiro atoms. The van der Waals surface area contributed by atoms with Gasteiger partial charge in [0.2, 0.25) is 5.78 Å². The van der Waals surface area contributed by atoms with E-state index in [1.807, 2.05) is 0 Å². The lowest BCUT2D eigenvalue weighted by Gasteiger charge is -2.50. The number of aromatic hydroxyl groups is 1. The summed E-state index contributed by atoms with van der Waals surface area (Å²) in [6, 6.07) is 3.66. The lowest BCUT2D eigenvalue weighted by molar-refractivity contribution is -0.148. The van der Waals surface area contributed by atoms with E-state index in [9.17, 15) is 34.8 Å². The number of hydrogen-bond acceptors (Lipinski definition) is 8. The smallest absolute Gasteiger partial charge is 0.255 e. The molecule has 1 aromatic carbocycles. The summed E-state index contributed by atoms with van der Waals surface area (Å²) in [7, 11) is 3.18. The molecule has 0 aromatic heterocycles. The molecule has 31 heavy (non-hydrogen) atoms. The number of phenolic OH excluding ortho intramolecular Hbond substituents is 1. The molecule has 4 atom stereocenters. The minimum atomic E-state index is -2.60. The fraction of sp³-hybridized carbons (Fsp3) is 0.381. The highest BCUT2D eigenvalue weighted by Gasteiger charge is 2.63. The summed E-state index contributed by atoms with van der Waals surface area (Å²) in [5.41, 5.74) is 2.31. The van der Waals surface area contributed by atoms with Crippen LogP contribution in [0.25, 0.3) is 0 Å². The average molecular weight is 432 g/mol. The molecule has 3 aliphatic carbocycles. The van der Waals surface area contributed by atoms with E-state index < -0.39 is 58.0 Å². The second-order valence-corrected chi connectivity index (χ2v) is 8.27. The van der Waals surface area contributed by atoms with Crippen LogP contribution in [0.5, 0.6) is 5.75 Å². The van der Waals surface area contributed by atoms with Crippen LogP contribution in [0, 0.1) is 11.8 Å². The molecular weight excluding hydrogens is 408 g/mol. The summed E-state index contributed by atoms with van der Waals surface area (Å²) >= 11 is 0. The highest BCUT2D eigenvalue weighted by molar-refractivity contribution is 6.24. The topological polar surface area (TPSA) is 193 Å². The minimum absolute atomic E-state index is 0. The van der Waals surface area contributed by atoms with Crippen molar-refractivity contribution in [3.8, 4) is 5.75 Å². The summed E-state index contributed by atoms with van der Waals surface area (Å²) in [6.07, 6.45) is 0.379. The zero-order chi connectivity index (χ0) is 22.1. The van der Waals surface area contributed by atoms with E-state index in [1.54, 1.807) is 26.2 Å². The molecule has 0 radical (unpaired) electrons. The Morgan fingerprint density at radius 3 is 2.42 bits per heavy atom. The average Bonchev–Trinajstić information content (AvgIpc) is 2.64. The van der Waals surface area contributed by atoms with Crippen molar-refractivity contribution < 1.29 is 40.3 Å². The van der Waals surface area contributed by atoms with Gasteiger partial charge in [0, 0.05) is 11.5 Å². The summed E-state index contributed by atoms with van der Waals surface area (Å²) in [5.74, 6) is -6.42. The Labute approximate surface area is 177 Å². The fourth-order valence-corrected chi connectivity index (χ4v) is 5.19.